The zero-order chi connectivity index (χ0) is 17.1. The number of hydrogen-bond donors (Lipinski definition) is 0. The number of aryl methyl sites for hydroxylation is 1. The van der Waals surface area contributed by atoms with Gasteiger partial charge in [-0.25, -0.2) is 0 Å². The molecular formula is C19H22N2O3. The van der Waals surface area contributed by atoms with Gasteiger partial charge in [-0.1, -0.05) is 24.3 Å². The molecule has 1 fully saturated rings. The molecule has 1 aliphatic heterocycles. The van der Waals surface area contributed by atoms with Crippen LogP contribution in [0.15, 0.2) is 42.5 Å². The molecule has 2 aromatic rings. The smallest absolute Gasteiger partial charge is 0.292 e. The highest BCUT2D eigenvalue weighted by Gasteiger charge is 2.26. The molecular weight excluding hydrogens is 304 g/mol. The number of anilines is 1. The minimum atomic E-state index is -0.283. The predicted molar refractivity (Wildman–Crippen MR) is 95.0 cm³/mol. The minimum Gasteiger partial charge on any atom is -0.496 e. The van der Waals surface area contributed by atoms with Gasteiger partial charge in [0.2, 0.25) is 0 Å². The Hall–Kier alpha value is -2.56. The van der Waals surface area contributed by atoms with Crippen molar-refractivity contribution in [2.24, 2.45) is 0 Å². The number of piperidine rings is 1. The molecule has 0 amide bonds. The standard InChI is InChI=1S/C19H22N2O3/c1-14-7-8-17(18(13-14)21(22)23)20-11-9-15(10-12-20)16-5-3-4-6-19(16)24-2/h3-8,13,15H,9-12H2,1-2H3. The van der Waals surface area contributed by atoms with Gasteiger partial charge >= 0.3 is 0 Å². The van der Waals surface area contributed by atoms with Gasteiger partial charge in [0.05, 0.1) is 12.0 Å². The molecule has 0 unspecified atom stereocenters. The second-order valence-electron chi connectivity index (χ2n) is 6.25. The van der Waals surface area contributed by atoms with E-state index >= 15 is 0 Å². The molecule has 1 aliphatic rings. The van der Waals surface area contributed by atoms with Gasteiger partial charge in [-0.3, -0.25) is 10.1 Å². The van der Waals surface area contributed by atoms with Crippen LogP contribution in [0.2, 0.25) is 0 Å². The summed E-state index contributed by atoms with van der Waals surface area (Å²) in [4.78, 5) is 13.2. The van der Waals surface area contributed by atoms with Crippen LogP contribution in [0.5, 0.6) is 5.75 Å². The summed E-state index contributed by atoms with van der Waals surface area (Å²) >= 11 is 0. The molecule has 0 saturated carbocycles. The molecule has 126 valence electrons. The maximum absolute atomic E-state index is 11.3. The molecule has 1 heterocycles. The Morgan fingerprint density at radius 3 is 2.54 bits per heavy atom. The third-order valence-electron chi connectivity index (χ3n) is 4.74. The lowest BCUT2D eigenvalue weighted by Gasteiger charge is -2.34. The Kier molecular flexibility index (Phi) is 4.69. The fourth-order valence-corrected chi connectivity index (χ4v) is 3.48. The molecule has 0 aromatic heterocycles. The highest BCUT2D eigenvalue weighted by molar-refractivity contribution is 5.64. The van der Waals surface area contributed by atoms with E-state index in [4.69, 9.17) is 4.74 Å². The number of hydrogen-bond acceptors (Lipinski definition) is 4. The Morgan fingerprint density at radius 1 is 1.17 bits per heavy atom. The molecule has 5 heteroatoms. The summed E-state index contributed by atoms with van der Waals surface area (Å²) in [7, 11) is 1.70. The van der Waals surface area contributed by atoms with Crippen molar-refractivity contribution in [1.29, 1.82) is 0 Å². The van der Waals surface area contributed by atoms with Crippen molar-refractivity contribution < 1.29 is 9.66 Å². The third-order valence-corrected chi connectivity index (χ3v) is 4.74. The van der Waals surface area contributed by atoms with Crippen LogP contribution in [0.4, 0.5) is 11.4 Å². The molecule has 5 nitrogen and oxygen atoms in total. The zero-order valence-electron chi connectivity index (χ0n) is 14.1. The van der Waals surface area contributed by atoms with Crippen LogP contribution < -0.4 is 9.64 Å². The van der Waals surface area contributed by atoms with Crippen LogP contribution in [0.1, 0.15) is 29.9 Å². The van der Waals surface area contributed by atoms with Crippen molar-refractivity contribution in [3.8, 4) is 5.75 Å². The molecule has 1 saturated heterocycles. The van der Waals surface area contributed by atoms with Crippen LogP contribution in [0.25, 0.3) is 0 Å². The second-order valence-corrected chi connectivity index (χ2v) is 6.25. The summed E-state index contributed by atoms with van der Waals surface area (Å²) in [5.41, 5.74) is 3.07. The molecule has 0 bridgehead atoms. The van der Waals surface area contributed by atoms with E-state index in [0.29, 0.717) is 5.92 Å². The van der Waals surface area contributed by atoms with Crippen LogP contribution in [-0.4, -0.2) is 25.1 Å². The number of ether oxygens (including phenoxy) is 1. The van der Waals surface area contributed by atoms with Crippen molar-refractivity contribution in [3.63, 3.8) is 0 Å². The third kappa shape index (κ3) is 3.20. The largest absolute Gasteiger partial charge is 0.496 e. The fraction of sp³-hybridized carbons (Fsp3) is 0.368. The van der Waals surface area contributed by atoms with E-state index in [-0.39, 0.29) is 10.6 Å². The van der Waals surface area contributed by atoms with E-state index < -0.39 is 0 Å². The first-order valence-electron chi connectivity index (χ1n) is 8.23. The first-order valence-corrected chi connectivity index (χ1v) is 8.23. The van der Waals surface area contributed by atoms with E-state index in [1.54, 1.807) is 13.2 Å². The number of benzene rings is 2. The maximum atomic E-state index is 11.3. The normalized spacial score (nSPS) is 15.3. The van der Waals surface area contributed by atoms with Gasteiger partial charge in [-0.15, -0.1) is 0 Å². The van der Waals surface area contributed by atoms with E-state index in [9.17, 15) is 10.1 Å². The summed E-state index contributed by atoms with van der Waals surface area (Å²) in [6.07, 6.45) is 1.93. The number of nitrogens with zero attached hydrogens (tertiary/aromatic N) is 2. The number of para-hydroxylation sites is 1. The molecule has 0 radical (unpaired) electrons. The molecule has 0 N–H and O–H groups in total. The Labute approximate surface area is 142 Å². The van der Waals surface area contributed by atoms with Gasteiger partial charge in [0.15, 0.2) is 0 Å². The van der Waals surface area contributed by atoms with Gasteiger partial charge in [0.25, 0.3) is 5.69 Å². The molecule has 0 atom stereocenters. The van der Waals surface area contributed by atoms with E-state index in [1.807, 2.05) is 37.3 Å². The van der Waals surface area contributed by atoms with Crippen molar-refractivity contribution in [2.75, 3.05) is 25.1 Å². The van der Waals surface area contributed by atoms with Gasteiger partial charge in [-0.05, 0) is 48.9 Å². The lowest BCUT2D eigenvalue weighted by atomic mass is 9.88. The highest BCUT2D eigenvalue weighted by Crippen LogP contribution is 2.37. The SMILES string of the molecule is COc1ccccc1C1CCN(c2ccc(C)cc2[N+](=O)[O-])CC1. The van der Waals surface area contributed by atoms with Crippen molar-refractivity contribution in [3.05, 3.63) is 63.7 Å². The first kappa shape index (κ1) is 16.3. The van der Waals surface area contributed by atoms with E-state index in [0.717, 1.165) is 42.9 Å². The second kappa shape index (κ2) is 6.91. The Bertz CT molecular complexity index is 737. The van der Waals surface area contributed by atoms with Gasteiger partial charge < -0.3 is 9.64 Å². The van der Waals surface area contributed by atoms with Crippen LogP contribution >= 0.6 is 0 Å². The van der Waals surface area contributed by atoms with Crippen molar-refractivity contribution in [1.82, 2.24) is 0 Å². The lowest BCUT2D eigenvalue weighted by Crippen LogP contribution is -2.33. The molecule has 0 aliphatic carbocycles. The summed E-state index contributed by atoms with van der Waals surface area (Å²) in [5.74, 6) is 1.36. The topological polar surface area (TPSA) is 55.6 Å². The zero-order valence-corrected chi connectivity index (χ0v) is 14.1. The van der Waals surface area contributed by atoms with Crippen molar-refractivity contribution >= 4 is 11.4 Å². The first-order chi connectivity index (χ1) is 11.6. The van der Waals surface area contributed by atoms with Gasteiger partial charge in [0, 0.05) is 19.2 Å². The summed E-state index contributed by atoms with van der Waals surface area (Å²) in [5, 5.41) is 11.3. The summed E-state index contributed by atoms with van der Waals surface area (Å²) in [6, 6.07) is 13.6. The fourth-order valence-electron chi connectivity index (χ4n) is 3.48. The average molecular weight is 326 g/mol. The number of nitro benzene ring substituents is 1. The quantitative estimate of drug-likeness (QED) is 0.621. The molecule has 0 spiro atoms. The Balaban J connectivity index is 1.77. The van der Waals surface area contributed by atoms with Gasteiger partial charge in [0.1, 0.15) is 11.4 Å². The van der Waals surface area contributed by atoms with Crippen molar-refractivity contribution in [2.45, 2.75) is 25.7 Å². The van der Waals surface area contributed by atoms with Crippen LogP contribution in [0.3, 0.4) is 0 Å². The maximum Gasteiger partial charge on any atom is 0.292 e. The van der Waals surface area contributed by atoms with Crippen LogP contribution in [0, 0.1) is 17.0 Å². The minimum absolute atomic E-state index is 0.200. The highest BCUT2D eigenvalue weighted by atomic mass is 16.6. The summed E-state index contributed by atoms with van der Waals surface area (Å²) in [6.45, 7) is 3.50. The molecule has 3 rings (SSSR count). The number of nitro groups is 1. The molecule has 2 aromatic carbocycles. The predicted octanol–water partition coefficient (Wildman–Crippen LogP) is 4.30. The van der Waals surface area contributed by atoms with E-state index in [2.05, 4.69) is 11.0 Å². The number of rotatable bonds is 4. The molecule has 24 heavy (non-hydrogen) atoms. The number of methoxy groups -OCH3 is 1. The monoisotopic (exact) mass is 326 g/mol. The summed E-state index contributed by atoms with van der Waals surface area (Å²) < 4.78 is 5.47. The van der Waals surface area contributed by atoms with E-state index in [1.165, 1.54) is 5.56 Å². The Morgan fingerprint density at radius 2 is 1.88 bits per heavy atom. The average Bonchev–Trinajstić information content (AvgIpc) is 2.62. The lowest BCUT2D eigenvalue weighted by molar-refractivity contribution is -0.384. The van der Waals surface area contributed by atoms with Gasteiger partial charge in [-0.2, -0.15) is 0 Å². The van der Waals surface area contributed by atoms with Crippen LogP contribution in [-0.2, 0) is 0 Å².